The predicted molar refractivity (Wildman–Crippen MR) is 173 cm³/mol. The number of amides is 4. The average molecular weight is 600 g/mol. The summed E-state index contributed by atoms with van der Waals surface area (Å²) in [6.07, 6.45) is 3.28. The van der Waals surface area contributed by atoms with Crippen LogP contribution >= 0.6 is 0 Å². The van der Waals surface area contributed by atoms with E-state index in [0.717, 1.165) is 42.0 Å². The minimum atomic E-state index is -0.771. The predicted octanol–water partition coefficient (Wildman–Crippen LogP) is 6.25. The van der Waals surface area contributed by atoms with E-state index in [1.54, 1.807) is 25.3 Å². The van der Waals surface area contributed by atoms with Crippen LogP contribution in [0.15, 0.2) is 96.6 Å². The van der Waals surface area contributed by atoms with Crippen LogP contribution in [0, 0.1) is 0 Å². The molecule has 0 saturated carbocycles. The number of nitrogens with one attached hydrogen (secondary N) is 1. The minimum Gasteiger partial charge on any atom is -0.497 e. The van der Waals surface area contributed by atoms with E-state index in [-0.39, 0.29) is 17.4 Å². The van der Waals surface area contributed by atoms with Gasteiger partial charge in [0, 0.05) is 42.2 Å². The van der Waals surface area contributed by atoms with Crippen molar-refractivity contribution in [2.75, 3.05) is 37.1 Å². The van der Waals surface area contributed by atoms with Gasteiger partial charge in [-0.1, -0.05) is 60.7 Å². The molecule has 8 nitrogen and oxygen atoms in total. The Hall–Kier alpha value is -5.37. The summed E-state index contributed by atoms with van der Waals surface area (Å²) in [5.41, 5.74) is 6.52. The van der Waals surface area contributed by atoms with Crippen molar-refractivity contribution in [3.63, 3.8) is 0 Å². The largest absolute Gasteiger partial charge is 0.497 e. The second-order valence-electron chi connectivity index (χ2n) is 11.5. The first-order chi connectivity index (χ1) is 22.0. The Morgan fingerprint density at radius 2 is 1.36 bits per heavy atom. The summed E-state index contributed by atoms with van der Waals surface area (Å²) >= 11 is 0. The van der Waals surface area contributed by atoms with Crippen LogP contribution < -0.4 is 24.6 Å². The molecular formula is C37H33N3O5. The molecule has 0 aliphatic carbocycles. The molecule has 2 atom stereocenters. The summed E-state index contributed by atoms with van der Waals surface area (Å²) in [5.74, 6) is -0.259. The lowest BCUT2D eigenvalue weighted by atomic mass is 9.76. The van der Waals surface area contributed by atoms with Crippen molar-refractivity contribution in [2.45, 2.75) is 24.7 Å². The molecule has 226 valence electrons. The van der Waals surface area contributed by atoms with Gasteiger partial charge in [0.05, 0.1) is 19.9 Å². The van der Waals surface area contributed by atoms with Gasteiger partial charge in [0.1, 0.15) is 17.1 Å². The van der Waals surface area contributed by atoms with Crippen LogP contribution in [0.1, 0.15) is 52.5 Å². The van der Waals surface area contributed by atoms with Crippen molar-refractivity contribution >= 4 is 35.3 Å². The van der Waals surface area contributed by atoms with E-state index in [2.05, 4.69) is 34.5 Å². The zero-order valence-electron chi connectivity index (χ0n) is 25.2. The van der Waals surface area contributed by atoms with Crippen molar-refractivity contribution in [2.24, 2.45) is 0 Å². The van der Waals surface area contributed by atoms with Gasteiger partial charge in [-0.05, 0) is 65.4 Å². The maximum atomic E-state index is 14.1. The minimum absolute atomic E-state index is 0.0915. The van der Waals surface area contributed by atoms with Crippen molar-refractivity contribution in [1.82, 2.24) is 5.32 Å². The fraction of sp³-hybridized carbons (Fsp3) is 0.216. The number of carbonyl (C=O) groups excluding carboxylic acids is 3. The molecule has 3 heterocycles. The van der Waals surface area contributed by atoms with Crippen molar-refractivity contribution in [1.29, 1.82) is 0 Å². The number of benzene rings is 4. The third-order valence-corrected chi connectivity index (χ3v) is 9.10. The van der Waals surface area contributed by atoms with E-state index >= 15 is 0 Å². The highest BCUT2D eigenvalue weighted by atomic mass is 16.5. The van der Waals surface area contributed by atoms with Gasteiger partial charge < -0.3 is 14.4 Å². The van der Waals surface area contributed by atoms with Gasteiger partial charge in [0.15, 0.2) is 0 Å². The third-order valence-electron chi connectivity index (χ3n) is 9.10. The molecule has 4 aromatic rings. The molecule has 1 saturated heterocycles. The number of hydrogen-bond donors (Lipinski definition) is 1. The van der Waals surface area contributed by atoms with Gasteiger partial charge in [0.2, 0.25) is 0 Å². The summed E-state index contributed by atoms with van der Waals surface area (Å²) < 4.78 is 10.8. The highest BCUT2D eigenvalue weighted by Gasteiger charge is 2.40. The number of rotatable bonds is 6. The van der Waals surface area contributed by atoms with E-state index in [1.165, 1.54) is 30.0 Å². The molecule has 0 spiro atoms. The number of barbiturate groups is 1. The zero-order chi connectivity index (χ0) is 31.1. The third kappa shape index (κ3) is 5.02. The molecule has 0 aromatic heterocycles. The van der Waals surface area contributed by atoms with E-state index in [0.29, 0.717) is 22.7 Å². The van der Waals surface area contributed by atoms with Crippen LogP contribution in [-0.2, 0) is 9.59 Å². The van der Waals surface area contributed by atoms with E-state index in [1.807, 2.05) is 48.5 Å². The normalized spacial score (nSPS) is 20.1. The zero-order valence-corrected chi connectivity index (χ0v) is 25.2. The first-order valence-electron chi connectivity index (χ1n) is 15.1. The lowest BCUT2D eigenvalue weighted by Gasteiger charge is -2.44. The van der Waals surface area contributed by atoms with Crippen LogP contribution in [0.5, 0.6) is 11.5 Å². The number of ether oxygens (including phenoxy) is 2. The van der Waals surface area contributed by atoms with Gasteiger partial charge in [-0.2, -0.15) is 0 Å². The lowest BCUT2D eigenvalue weighted by Crippen LogP contribution is -2.54. The molecule has 4 aromatic carbocycles. The van der Waals surface area contributed by atoms with Crippen LogP contribution in [-0.4, -0.2) is 45.2 Å². The molecule has 3 aliphatic heterocycles. The first-order valence-corrected chi connectivity index (χ1v) is 15.1. The number of hydrogen-bond acceptors (Lipinski definition) is 6. The van der Waals surface area contributed by atoms with Crippen LogP contribution in [0.2, 0.25) is 0 Å². The number of anilines is 2. The second kappa shape index (κ2) is 11.6. The lowest BCUT2D eigenvalue weighted by molar-refractivity contribution is -0.122. The molecule has 4 amide bonds. The molecule has 0 unspecified atom stereocenters. The Morgan fingerprint density at radius 3 is 1.91 bits per heavy atom. The summed E-state index contributed by atoms with van der Waals surface area (Å²) in [6, 6.07) is 29.0. The number of imide groups is 2. The molecule has 1 N–H and O–H groups in total. The number of nitrogens with zero attached hydrogens (tertiary/aromatic N) is 2. The highest BCUT2D eigenvalue weighted by molar-refractivity contribution is 6.39. The van der Waals surface area contributed by atoms with E-state index < -0.39 is 17.8 Å². The quantitative estimate of drug-likeness (QED) is 0.208. The fourth-order valence-electron chi connectivity index (χ4n) is 6.95. The summed E-state index contributed by atoms with van der Waals surface area (Å²) in [6.45, 7) is 1.85. The highest BCUT2D eigenvalue weighted by Crippen LogP contribution is 2.50. The smallest absolute Gasteiger partial charge is 0.335 e. The van der Waals surface area contributed by atoms with E-state index in [9.17, 15) is 14.4 Å². The van der Waals surface area contributed by atoms with Gasteiger partial charge >= 0.3 is 6.03 Å². The molecule has 7 rings (SSSR count). The van der Waals surface area contributed by atoms with Gasteiger partial charge in [-0.15, -0.1) is 0 Å². The monoisotopic (exact) mass is 599 g/mol. The van der Waals surface area contributed by atoms with Crippen LogP contribution in [0.25, 0.3) is 6.08 Å². The fourth-order valence-corrected chi connectivity index (χ4v) is 6.95. The Labute approximate surface area is 261 Å². The number of urea groups is 1. The van der Waals surface area contributed by atoms with Crippen LogP contribution in [0.4, 0.5) is 16.2 Å². The average Bonchev–Trinajstić information content (AvgIpc) is 3.07. The Morgan fingerprint density at radius 1 is 0.756 bits per heavy atom. The Bertz CT molecular complexity index is 1760. The topological polar surface area (TPSA) is 88.2 Å². The SMILES string of the molecule is COc1ccc(/C=C2\C(=O)NC(=O)N(c3cc4c5c(c3)[C@@H](c3ccccc3)CCN5CC[C@@H]4c3ccccc3)C2=O)c(OC)c1. The van der Waals surface area contributed by atoms with E-state index in [4.69, 9.17) is 9.47 Å². The first kappa shape index (κ1) is 28.4. The van der Waals surface area contributed by atoms with Crippen molar-refractivity contribution < 1.29 is 23.9 Å². The number of methoxy groups -OCH3 is 2. The van der Waals surface area contributed by atoms with Crippen LogP contribution in [0.3, 0.4) is 0 Å². The standard InChI is InChI=1S/C37H33N3O5/c1-44-27-14-13-25(33(22-27)45-2)19-32-35(41)38-37(43)40(36(32)42)26-20-30-28(23-9-5-3-6-10-23)15-17-39-18-16-29(31(21-26)34(30)39)24-11-7-4-8-12-24/h3-14,19-22,28-29H,15-18H2,1-2H3,(H,38,41,43)/b32-19+/t28-,29-/m1/s1. The Kier molecular flexibility index (Phi) is 7.33. The molecule has 0 radical (unpaired) electrons. The maximum absolute atomic E-state index is 14.1. The molecule has 3 aliphatic rings. The van der Waals surface area contributed by atoms with Gasteiger partial charge in [-0.25, -0.2) is 9.69 Å². The summed E-state index contributed by atoms with van der Waals surface area (Å²) in [5, 5.41) is 2.40. The maximum Gasteiger partial charge on any atom is 0.335 e. The summed E-state index contributed by atoms with van der Waals surface area (Å²) in [4.78, 5) is 44.2. The molecule has 8 heteroatoms. The summed E-state index contributed by atoms with van der Waals surface area (Å²) in [7, 11) is 3.05. The second-order valence-corrected chi connectivity index (χ2v) is 11.5. The Balaban J connectivity index is 1.38. The van der Waals surface area contributed by atoms with Crippen molar-refractivity contribution in [3.05, 3.63) is 124 Å². The van der Waals surface area contributed by atoms with Gasteiger partial charge in [-0.3, -0.25) is 14.9 Å². The number of carbonyl (C=O) groups is 3. The molecular weight excluding hydrogens is 566 g/mol. The molecule has 0 bridgehead atoms. The van der Waals surface area contributed by atoms with Crippen molar-refractivity contribution in [3.8, 4) is 11.5 Å². The molecule has 45 heavy (non-hydrogen) atoms. The molecule has 1 fully saturated rings. The van der Waals surface area contributed by atoms with Gasteiger partial charge in [0.25, 0.3) is 11.8 Å².